The van der Waals surface area contributed by atoms with Gasteiger partial charge in [0.15, 0.2) is 5.82 Å². The number of nitrogens with zero attached hydrogens (tertiary/aromatic N) is 2. The van der Waals surface area contributed by atoms with Gasteiger partial charge in [-0.25, -0.2) is 0 Å². The van der Waals surface area contributed by atoms with Gasteiger partial charge in [-0.3, -0.25) is 0 Å². The molecule has 1 aromatic heterocycles. The van der Waals surface area contributed by atoms with Crippen LogP contribution in [0.25, 0.3) is 0 Å². The largest absolute Gasteiger partial charge is 0.508 e. The molecule has 1 atom stereocenters. The van der Waals surface area contributed by atoms with Crippen LogP contribution in [0.15, 0.2) is 28.8 Å². The van der Waals surface area contributed by atoms with Crippen LogP contribution in [-0.2, 0) is 12.2 Å². The van der Waals surface area contributed by atoms with E-state index in [2.05, 4.69) is 24.0 Å². The van der Waals surface area contributed by atoms with Crippen LogP contribution in [0, 0.1) is 0 Å². The van der Waals surface area contributed by atoms with E-state index < -0.39 is 0 Å². The van der Waals surface area contributed by atoms with Gasteiger partial charge in [-0.05, 0) is 29.4 Å². The summed E-state index contributed by atoms with van der Waals surface area (Å²) in [5.74, 6) is 2.11. The third-order valence-electron chi connectivity index (χ3n) is 2.74. The summed E-state index contributed by atoms with van der Waals surface area (Å²) in [5, 5.41) is 13.7. The Morgan fingerprint density at radius 3 is 2.65 bits per heavy atom. The zero-order valence-corrected chi connectivity index (χ0v) is 12.4. The number of hydrogen-bond acceptors (Lipinski definition) is 6. The lowest BCUT2D eigenvalue weighted by molar-refractivity contribution is 0.351. The number of hydrogen-bond donors (Lipinski definition) is 2. The number of thioether (sulfide) groups is 1. The van der Waals surface area contributed by atoms with Crippen LogP contribution in [0.1, 0.15) is 37.2 Å². The van der Waals surface area contributed by atoms with Crippen molar-refractivity contribution in [2.75, 3.05) is 0 Å². The quantitative estimate of drug-likeness (QED) is 0.851. The van der Waals surface area contributed by atoms with Crippen molar-refractivity contribution in [3.05, 3.63) is 41.5 Å². The standard InChI is InChI=1S/C14H19N3O2S/c1-9(2)20-8-13-16-14(19-17-13)12(15)7-10-3-5-11(18)6-4-10/h3-6,9,12,18H,7-8,15H2,1-2H3/t12-/m1/s1. The first kappa shape index (κ1) is 14.9. The van der Waals surface area contributed by atoms with Gasteiger partial charge in [-0.2, -0.15) is 16.7 Å². The molecule has 0 bridgehead atoms. The van der Waals surface area contributed by atoms with Crippen molar-refractivity contribution in [2.45, 2.75) is 37.3 Å². The number of rotatable bonds is 6. The molecule has 3 N–H and O–H groups in total. The van der Waals surface area contributed by atoms with Gasteiger partial charge in [0.2, 0.25) is 5.89 Å². The van der Waals surface area contributed by atoms with E-state index in [-0.39, 0.29) is 11.8 Å². The molecule has 6 heteroatoms. The highest BCUT2D eigenvalue weighted by Crippen LogP contribution is 2.19. The van der Waals surface area contributed by atoms with Crippen LogP contribution in [-0.4, -0.2) is 20.5 Å². The minimum atomic E-state index is -0.329. The van der Waals surface area contributed by atoms with E-state index in [4.69, 9.17) is 10.3 Å². The Balaban J connectivity index is 1.95. The molecule has 0 saturated heterocycles. The van der Waals surface area contributed by atoms with Gasteiger partial charge in [0, 0.05) is 0 Å². The Kier molecular flexibility index (Phi) is 5.03. The van der Waals surface area contributed by atoms with E-state index in [1.807, 2.05) is 12.1 Å². The molecule has 0 fully saturated rings. The summed E-state index contributed by atoms with van der Waals surface area (Å²) in [7, 11) is 0. The average Bonchev–Trinajstić information content (AvgIpc) is 2.88. The van der Waals surface area contributed by atoms with Gasteiger partial charge in [-0.1, -0.05) is 31.1 Å². The molecule has 0 aliphatic carbocycles. The zero-order chi connectivity index (χ0) is 14.5. The van der Waals surface area contributed by atoms with E-state index >= 15 is 0 Å². The maximum atomic E-state index is 9.24. The highest BCUT2D eigenvalue weighted by Gasteiger charge is 2.15. The first-order valence-electron chi connectivity index (χ1n) is 6.52. The minimum Gasteiger partial charge on any atom is -0.508 e. The van der Waals surface area contributed by atoms with E-state index in [9.17, 15) is 5.11 Å². The van der Waals surface area contributed by atoms with E-state index in [0.717, 1.165) is 11.3 Å². The summed E-state index contributed by atoms with van der Waals surface area (Å²) in [6.07, 6.45) is 0.596. The van der Waals surface area contributed by atoms with Gasteiger partial charge < -0.3 is 15.4 Å². The Hall–Kier alpha value is -1.53. The third kappa shape index (κ3) is 4.25. The highest BCUT2D eigenvalue weighted by atomic mass is 32.2. The summed E-state index contributed by atoms with van der Waals surface area (Å²) >= 11 is 1.76. The second-order valence-corrected chi connectivity index (χ2v) is 6.45. The number of phenols is 1. The van der Waals surface area contributed by atoms with Crippen molar-refractivity contribution in [3.63, 3.8) is 0 Å². The molecule has 20 heavy (non-hydrogen) atoms. The van der Waals surface area contributed by atoms with Gasteiger partial charge in [0.1, 0.15) is 5.75 Å². The molecule has 2 aromatic rings. The van der Waals surface area contributed by atoms with Crippen LogP contribution < -0.4 is 5.73 Å². The zero-order valence-electron chi connectivity index (χ0n) is 11.6. The normalized spacial score (nSPS) is 12.8. The Labute approximate surface area is 122 Å². The topological polar surface area (TPSA) is 85.2 Å². The lowest BCUT2D eigenvalue weighted by Crippen LogP contribution is -2.13. The molecule has 0 spiro atoms. The summed E-state index contributed by atoms with van der Waals surface area (Å²) in [4.78, 5) is 4.32. The molecule has 0 aliphatic rings. The monoisotopic (exact) mass is 293 g/mol. The molecule has 5 nitrogen and oxygen atoms in total. The Bertz CT molecular complexity index is 540. The number of nitrogens with two attached hydrogens (primary N) is 1. The molecule has 0 aliphatic heterocycles. The molecule has 1 aromatic carbocycles. The third-order valence-corrected chi connectivity index (χ3v) is 3.83. The van der Waals surface area contributed by atoms with Crippen molar-refractivity contribution in [3.8, 4) is 5.75 Å². The summed E-state index contributed by atoms with van der Waals surface area (Å²) in [6, 6.07) is 6.62. The lowest BCUT2D eigenvalue weighted by atomic mass is 10.1. The lowest BCUT2D eigenvalue weighted by Gasteiger charge is -2.06. The number of aromatic hydroxyl groups is 1. The summed E-state index contributed by atoms with van der Waals surface area (Å²) in [6.45, 7) is 4.25. The fourth-order valence-electron chi connectivity index (χ4n) is 1.69. The van der Waals surface area contributed by atoms with Crippen molar-refractivity contribution in [1.29, 1.82) is 0 Å². The molecule has 108 valence electrons. The molecular formula is C14H19N3O2S. The SMILES string of the molecule is CC(C)SCc1noc([C@H](N)Cc2ccc(O)cc2)n1. The highest BCUT2D eigenvalue weighted by molar-refractivity contribution is 7.99. The average molecular weight is 293 g/mol. The van der Waals surface area contributed by atoms with Crippen LogP contribution in [0.3, 0.4) is 0 Å². The van der Waals surface area contributed by atoms with Gasteiger partial charge >= 0.3 is 0 Å². The van der Waals surface area contributed by atoms with E-state index in [0.29, 0.717) is 23.4 Å². The molecule has 0 unspecified atom stereocenters. The molecule has 1 heterocycles. The second kappa shape index (κ2) is 6.76. The summed E-state index contributed by atoms with van der Waals surface area (Å²) < 4.78 is 5.21. The maximum Gasteiger partial charge on any atom is 0.243 e. The van der Waals surface area contributed by atoms with Crippen molar-refractivity contribution >= 4 is 11.8 Å². The smallest absolute Gasteiger partial charge is 0.243 e. The van der Waals surface area contributed by atoms with Crippen LogP contribution in [0.5, 0.6) is 5.75 Å². The predicted octanol–water partition coefficient (Wildman–Crippen LogP) is 2.66. The van der Waals surface area contributed by atoms with Crippen LogP contribution in [0.2, 0.25) is 0 Å². The maximum absolute atomic E-state index is 9.24. The van der Waals surface area contributed by atoms with Gasteiger partial charge in [-0.15, -0.1) is 0 Å². The van der Waals surface area contributed by atoms with Gasteiger partial charge in [0.05, 0.1) is 11.8 Å². The second-order valence-electron chi connectivity index (χ2n) is 4.89. The molecule has 2 rings (SSSR count). The minimum absolute atomic E-state index is 0.244. The van der Waals surface area contributed by atoms with Crippen molar-refractivity contribution in [1.82, 2.24) is 10.1 Å². The summed E-state index contributed by atoms with van der Waals surface area (Å²) in [5.41, 5.74) is 7.09. The van der Waals surface area contributed by atoms with Crippen molar-refractivity contribution < 1.29 is 9.63 Å². The Morgan fingerprint density at radius 2 is 2.00 bits per heavy atom. The van der Waals surface area contributed by atoms with E-state index in [1.54, 1.807) is 23.9 Å². The number of phenolic OH excluding ortho intramolecular Hbond substituents is 1. The molecule has 0 radical (unpaired) electrons. The molecular weight excluding hydrogens is 274 g/mol. The predicted molar refractivity (Wildman–Crippen MR) is 79.5 cm³/mol. The van der Waals surface area contributed by atoms with Crippen LogP contribution >= 0.6 is 11.8 Å². The first-order chi connectivity index (χ1) is 9.54. The Morgan fingerprint density at radius 1 is 1.30 bits per heavy atom. The first-order valence-corrected chi connectivity index (χ1v) is 7.57. The fraction of sp³-hybridized carbons (Fsp3) is 0.429. The molecule has 0 amide bonds. The van der Waals surface area contributed by atoms with Crippen molar-refractivity contribution in [2.24, 2.45) is 5.73 Å². The molecule has 0 saturated carbocycles. The van der Waals surface area contributed by atoms with Gasteiger partial charge in [0.25, 0.3) is 0 Å². The van der Waals surface area contributed by atoms with Crippen LogP contribution in [0.4, 0.5) is 0 Å². The van der Waals surface area contributed by atoms with E-state index in [1.165, 1.54) is 0 Å². The number of benzene rings is 1. The fourth-order valence-corrected chi connectivity index (χ4v) is 2.29. The number of aromatic nitrogens is 2.